The van der Waals surface area contributed by atoms with Crippen LogP contribution in [-0.2, 0) is 22.6 Å². The van der Waals surface area contributed by atoms with Gasteiger partial charge in [-0.3, -0.25) is 14.4 Å². The molecule has 5 rings (SSSR count). The van der Waals surface area contributed by atoms with E-state index in [0.29, 0.717) is 40.2 Å². The highest BCUT2D eigenvalue weighted by Gasteiger charge is 2.55. The summed E-state index contributed by atoms with van der Waals surface area (Å²) >= 11 is 5.85. The standard InChI is InChI=1S/C26H25ClFN3O4/c1-14(32)19-12-30(26-18(19)10-17(35-2)11-29-26)13-24(34)31-21-8-16(21)9-22(31)23(33)7-6-15-4-3-5-20(27)25(15)28/h3-5,10-12,16,21-22H,6-9,13H2,1-2H3/t16-,21-,22+/m1/s1. The van der Waals surface area contributed by atoms with E-state index in [0.717, 1.165) is 6.42 Å². The van der Waals surface area contributed by atoms with Crippen LogP contribution in [0, 0.1) is 11.7 Å². The number of nitrogens with zero attached hydrogens (tertiary/aromatic N) is 3. The number of hydrogen-bond acceptors (Lipinski definition) is 5. The van der Waals surface area contributed by atoms with E-state index in [1.807, 2.05) is 0 Å². The molecule has 1 aromatic carbocycles. The number of likely N-dealkylation sites (tertiary alicyclic amines) is 1. The van der Waals surface area contributed by atoms with Gasteiger partial charge in [0.05, 0.1) is 24.4 Å². The lowest BCUT2D eigenvalue weighted by Gasteiger charge is -2.27. The fourth-order valence-corrected chi connectivity index (χ4v) is 5.35. The molecule has 3 heterocycles. The number of ether oxygens (including phenoxy) is 1. The summed E-state index contributed by atoms with van der Waals surface area (Å²) in [4.78, 5) is 44.8. The average Bonchev–Trinajstić information content (AvgIpc) is 3.35. The minimum absolute atomic E-state index is 0.0287. The molecule has 0 radical (unpaired) electrons. The lowest BCUT2D eigenvalue weighted by atomic mass is 10.00. The van der Waals surface area contributed by atoms with Gasteiger partial charge >= 0.3 is 0 Å². The van der Waals surface area contributed by atoms with Gasteiger partial charge in [0.2, 0.25) is 5.91 Å². The molecule has 1 aliphatic heterocycles. The number of fused-ring (bicyclic) bond motifs is 2. The monoisotopic (exact) mass is 497 g/mol. The third kappa shape index (κ3) is 4.31. The van der Waals surface area contributed by atoms with Gasteiger partial charge in [-0.25, -0.2) is 9.37 Å². The van der Waals surface area contributed by atoms with Crippen molar-refractivity contribution in [1.29, 1.82) is 0 Å². The number of pyridine rings is 1. The molecule has 3 atom stereocenters. The van der Waals surface area contributed by atoms with Crippen LogP contribution in [0.2, 0.25) is 5.02 Å². The molecule has 2 aliphatic rings. The largest absolute Gasteiger partial charge is 0.495 e. The van der Waals surface area contributed by atoms with Crippen molar-refractivity contribution in [2.24, 2.45) is 5.92 Å². The minimum atomic E-state index is -0.518. The number of benzene rings is 1. The van der Waals surface area contributed by atoms with E-state index in [9.17, 15) is 18.8 Å². The summed E-state index contributed by atoms with van der Waals surface area (Å²) < 4.78 is 21.1. The first-order valence-electron chi connectivity index (χ1n) is 11.6. The Kier molecular flexibility index (Phi) is 6.09. The third-order valence-electron chi connectivity index (χ3n) is 7.05. The quantitative estimate of drug-likeness (QED) is 0.435. The predicted molar refractivity (Wildman–Crippen MR) is 128 cm³/mol. The fourth-order valence-electron chi connectivity index (χ4n) is 5.16. The van der Waals surface area contributed by atoms with Crippen LogP contribution in [0.3, 0.4) is 0 Å². The number of carbonyl (C=O) groups is 3. The van der Waals surface area contributed by atoms with Gasteiger partial charge in [0, 0.05) is 29.6 Å². The highest BCUT2D eigenvalue weighted by atomic mass is 35.5. The molecule has 182 valence electrons. The zero-order chi connectivity index (χ0) is 24.9. The van der Waals surface area contributed by atoms with E-state index >= 15 is 0 Å². The van der Waals surface area contributed by atoms with Crippen molar-refractivity contribution in [3.63, 3.8) is 0 Å². The maximum Gasteiger partial charge on any atom is 0.243 e. The van der Waals surface area contributed by atoms with E-state index < -0.39 is 11.9 Å². The van der Waals surface area contributed by atoms with Crippen LogP contribution in [0.5, 0.6) is 5.75 Å². The molecular weight excluding hydrogens is 473 g/mol. The summed E-state index contributed by atoms with van der Waals surface area (Å²) in [7, 11) is 1.52. The Morgan fingerprint density at radius 2 is 2.06 bits per heavy atom. The molecule has 2 fully saturated rings. The summed E-state index contributed by atoms with van der Waals surface area (Å²) in [5, 5.41) is 0.649. The maximum atomic E-state index is 14.2. The molecule has 35 heavy (non-hydrogen) atoms. The molecule has 1 amide bonds. The van der Waals surface area contributed by atoms with E-state index in [-0.39, 0.29) is 47.9 Å². The van der Waals surface area contributed by atoms with Crippen LogP contribution < -0.4 is 4.74 Å². The molecule has 0 N–H and O–H groups in total. The van der Waals surface area contributed by atoms with Gasteiger partial charge in [0.15, 0.2) is 11.6 Å². The number of methoxy groups -OCH3 is 1. The number of ketones is 2. The number of rotatable bonds is 8. The van der Waals surface area contributed by atoms with Crippen LogP contribution in [0.1, 0.15) is 42.1 Å². The molecule has 1 aliphatic carbocycles. The fraction of sp³-hybridized carbons (Fsp3) is 0.385. The molecule has 0 unspecified atom stereocenters. The zero-order valence-electron chi connectivity index (χ0n) is 19.5. The van der Waals surface area contributed by atoms with Crippen LogP contribution in [0.25, 0.3) is 11.0 Å². The number of halogens is 2. The first-order chi connectivity index (χ1) is 16.8. The topological polar surface area (TPSA) is 81.5 Å². The Morgan fingerprint density at radius 1 is 1.26 bits per heavy atom. The predicted octanol–water partition coefficient (Wildman–Crippen LogP) is 4.23. The van der Waals surface area contributed by atoms with Crippen molar-refractivity contribution in [3.05, 3.63) is 58.6 Å². The minimum Gasteiger partial charge on any atom is -0.495 e. The summed E-state index contributed by atoms with van der Waals surface area (Å²) in [6.07, 6.45) is 5.06. The highest BCUT2D eigenvalue weighted by Crippen LogP contribution is 2.48. The SMILES string of the molecule is COc1cnc2c(c1)c(C(C)=O)cn2CC(=O)N1[C@@H]2C[C@@H]2C[C@H]1C(=O)CCc1cccc(Cl)c1F. The Labute approximate surface area is 206 Å². The molecule has 2 aromatic heterocycles. The van der Waals surface area contributed by atoms with Crippen molar-refractivity contribution < 1.29 is 23.5 Å². The molecule has 1 saturated carbocycles. The molecule has 1 saturated heterocycles. The van der Waals surface area contributed by atoms with Gasteiger partial charge in [-0.1, -0.05) is 23.7 Å². The second-order valence-corrected chi connectivity index (χ2v) is 9.68. The molecule has 9 heteroatoms. The highest BCUT2D eigenvalue weighted by molar-refractivity contribution is 6.30. The maximum absolute atomic E-state index is 14.2. The Morgan fingerprint density at radius 3 is 2.80 bits per heavy atom. The smallest absolute Gasteiger partial charge is 0.243 e. The number of hydrogen-bond donors (Lipinski definition) is 0. The van der Waals surface area contributed by atoms with Crippen molar-refractivity contribution in [2.45, 2.75) is 51.2 Å². The van der Waals surface area contributed by atoms with E-state index in [2.05, 4.69) is 4.98 Å². The van der Waals surface area contributed by atoms with Gasteiger partial charge in [0.1, 0.15) is 23.8 Å². The van der Waals surface area contributed by atoms with E-state index in [1.165, 1.54) is 20.1 Å². The van der Waals surface area contributed by atoms with E-state index in [1.54, 1.807) is 40.1 Å². The summed E-state index contributed by atoms with van der Waals surface area (Å²) in [6.45, 7) is 1.44. The van der Waals surface area contributed by atoms with Crippen molar-refractivity contribution in [2.75, 3.05) is 7.11 Å². The van der Waals surface area contributed by atoms with Crippen LogP contribution in [0.15, 0.2) is 36.7 Å². The van der Waals surface area contributed by atoms with Crippen molar-refractivity contribution in [1.82, 2.24) is 14.5 Å². The Bertz CT molecular complexity index is 1350. The summed E-state index contributed by atoms with van der Waals surface area (Å²) in [6, 6.07) is 6.02. The summed E-state index contributed by atoms with van der Waals surface area (Å²) in [5.74, 6) is -0.0600. The number of aromatic nitrogens is 2. The molecular formula is C26H25ClFN3O4. The Balaban J connectivity index is 1.34. The van der Waals surface area contributed by atoms with Gasteiger partial charge in [-0.15, -0.1) is 0 Å². The lowest BCUT2D eigenvalue weighted by Crippen LogP contribution is -2.44. The van der Waals surface area contributed by atoms with Crippen molar-refractivity contribution in [3.8, 4) is 5.75 Å². The number of Topliss-reactive ketones (excluding diaryl/α,β-unsaturated/α-hetero) is 2. The third-order valence-corrected chi connectivity index (χ3v) is 7.34. The van der Waals surface area contributed by atoms with Gasteiger partial charge < -0.3 is 14.2 Å². The summed E-state index contributed by atoms with van der Waals surface area (Å²) in [5.41, 5.74) is 1.36. The first kappa shape index (κ1) is 23.5. The number of amides is 1. The molecule has 3 aromatic rings. The van der Waals surface area contributed by atoms with Crippen LogP contribution in [0.4, 0.5) is 4.39 Å². The average molecular weight is 498 g/mol. The van der Waals surface area contributed by atoms with Gasteiger partial charge in [-0.2, -0.15) is 0 Å². The van der Waals surface area contributed by atoms with Crippen LogP contribution >= 0.6 is 11.6 Å². The van der Waals surface area contributed by atoms with E-state index in [4.69, 9.17) is 16.3 Å². The van der Waals surface area contributed by atoms with Gasteiger partial charge in [-0.05, 0) is 49.8 Å². The second-order valence-electron chi connectivity index (χ2n) is 9.27. The number of carbonyl (C=O) groups excluding carboxylic acids is 3. The second kappa shape index (κ2) is 9.07. The lowest BCUT2D eigenvalue weighted by molar-refractivity contribution is -0.139. The van der Waals surface area contributed by atoms with Crippen LogP contribution in [-0.4, -0.2) is 51.1 Å². The first-order valence-corrected chi connectivity index (χ1v) is 12.0. The molecule has 7 nitrogen and oxygen atoms in total. The normalized spacial score (nSPS) is 20.7. The number of aryl methyl sites for hydroxylation is 1. The Hall–Kier alpha value is -3.26. The molecule has 0 bridgehead atoms. The molecule has 0 spiro atoms. The zero-order valence-corrected chi connectivity index (χ0v) is 20.2. The number of piperidine rings is 1. The van der Waals surface area contributed by atoms with Crippen molar-refractivity contribution >= 4 is 40.1 Å². The van der Waals surface area contributed by atoms with Gasteiger partial charge in [0.25, 0.3) is 0 Å².